The van der Waals surface area contributed by atoms with E-state index in [1.807, 2.05) is 31.2 Å². The SMILES string of the molecule is CCC(CC)NC(=O)[C@@H](C)Nc1nc2ccccc2s1. The van der Waals surface area contributed by atoms with Crippen LogP contribution < -0.4 is 10.6 Å². The molecule has 2 N–H and O–H groups in total. The zero-order valence-electron chi connectivity index (χ0n) is 12.1. The highest BCUT2D eigenvalue weighted by Gasteiger charge is 2.16. The van der Waals surface area contributed by atoms with Crippen molar-refractivity contribution in [3.8, 4) is 0 Å². The van der Waals surface area contributed by atoms with Gasteiger partial charge in [-0.3, -0.25) is 4.79 Å². The lowest BCUT2D eigenvalue weighted by Crippen LogP contribution is -2.42. The van der Waals surface area contributed by atoms with E-state index in [0.29, 0.717) is 0 Å². The number of carbonyl (C=O) groups is 1. The Hall–Kier alpha value is -1.62. The van der Waals surface area contributed by atoms with Gasteiger partial charge in [-0.15, -0.1) is 0 Å². The van der Waals surface area contributed by atoms with Gasteiger partial charge >= 0.3 is 0 Å². The first-order chi connectivity index (χ1) is 9.63. The summed E-state index contributed by atoms with van der Waals surface area (Å²) in [6, 6.07) is 7.94. The van der Waals surface area contributed by atoms with Crippen molar-refractivity contribution in [3.05, 3.63) is 24.3 Å². The summed E-state index contributed by atoms with van der Waals surface area (Å²) in [5.41, 5.74) is 0.965. The average molecular weight is 291 g/mol. The number of rotatable bonds is 6. The Morgan fingerprint density at radius 2 is 2.00 bits per heavy atom. The second kappa shape index (κ2) is 6.70. The second-order valence-corrected chi connectivity index (χ2v) is 5.91. The Bertz CT molecular complexity index is 544. The molecule has 1 aromatic heterocycles. The van der Waals surface area contributed by atoms with Crippen LogP contribution in [-0.2, 0) is 4.79 Å². The van der Waals surface area contributed by atoms with Gasteiger partial charge in [-0.05, 0) is 31.9 Å². The Morgan fingerprint density at radius 3 is 2.65 bits per heavy atom. The third-order valence-electron chi connectivity index (χ3n) is 3.36. The van der Waals surface area contributed by atoms with E-state index in [-0.39, 0.29) is 18.0 Å². The molecule has 1 aromatic carbocycles. The molecule has 1 heterocycles. The van der Waals surface area contributed by atoms with E-state index >= 15 is 0 Å². The van der Waals surface area contributed by atoms with Crippen molar-refractivity contribution in [1.29, 1.82) is 0 Å². The summed E-state index contributed by atoms with van der Waals surface area (Å²) in [5, 5.41) is 7.02. The maximum atomic E-state index is 12.1. The summed E-state index contributed by atoms with van der Waals surface area (Å²) >= 11 is 1.57. The fourth-order valence-corrected chi connectivity index (χ4v) is 2.96. The van der Waals surface area contributed by atoms with Crippen molar-refractivity contribution < 1.29 is 4.79 Å². The van der Waals surface area contributed by atoms with Crippen LogP contribution in [-0.4, -0.2) is 23.0 Å². The summed E-state index contributed by atoms with van der Waals surface area (Å²) < 4.78 is 1.13. The van der Waals surface area contributed by atoms with Crippen molar-refractivity contribution in [2.24, 2.45) is 0 Å². The molecule has 0 saturated carbocycles. The molecule has 2 aromatic rings. The minimum atomic E-state index is -0.281. The zero-order valence-corrected chi connectivity index (χ0v) is 13.0. The standard InChI is InChI=1S/C15H21N3OS/c1-4-11(5-2)17-14(19)10(3)16-15-18-12-8-6-7-9-13(12)20-15/h6-11H,4-5H2,1-3H3,(H,16,18)(H,17,19)/t10-/m1/s1. The van der Waals surface area contributed by atoms with Gasteiger partial charge in [-0.1, -0.05) is 37.3 Å². The number of amides is 1. The fraction of sp³-hybridized carbons (Fsp3) is 0.467. The van der Waals surface area contributed by atoms with Crippen LogP contribution in [0.1, 0.15) is 33.6 Å². The number of thiazole rings is 1. The fourth-order valence-electron chi connectivity index (χ4n) is 2.00. The molecular weight excluding hydrogens is 270 g/mol. The van der Waals surface area contributed by atoms with E-state index in [1.54, 1.807) is 11.3 Å². The summed E-state index contributed by atoms with van der Waals surface area (Å²) in [6.45, 7) is 6.03. The van der Waals surface area contributed by atoms with Gasteiger partial charge in [0.05, 0.1) is 10.2 Å². The molecule has 0 unspecified atom stereocenters. The monoisotopic (exact) mass is 291 g/mol. The molecule has 0 spiro atoms. The Kier molecular flexibility index (Phi) is 4.95. The molecule has 0 aliphatic carbocycles. The van der Waals surface area contributed by atoms with Crippen LogP contribution in [0.25, 0.3) is 10.2 Å². The lowest BCUT2D eigenvalue weighted by Gasteiger charge is -2.18. The number of fused-ring (bicyclic) bond motifs is 1. The zero-order chi connectivity index (χ0) is 14.5. The number of nitrogens with zero attached hydrogens (tertiary/aromatic N) is 1. The minimum absolute atomic E-state index is 0.0259. The smallest absolute Gasteiger partial charge is 0.242 e. The molecule has 5 heteroatoms. The average Bonchev–Trinajstić information content (AvgIpc) is 2.86. The van der Waals surface area contributed by atoms with Crippen LogP contribution in [0.2, 0.25) is 0 Å². The van der Waals surface area contributed by atoms with Crippen molar-refractivity contribution in [3.63, 3.8) is 0 Å². The molecular formula is C15H21N3OS. The van der Waals surface area contributed by atoms with Gasteiger partial charge in [0.25, 0.3) is 0 Å². The third kappa shape index (κ3) is 3.48. The Morgan fingerprint density at radius 1 is 1.30 bits per heavy atom. The molecule has 0 saturated heterocycles. The van der Waals surface area contributed by atoms with Crippen LogP contribution in [0.4, 0.5) is 5.13 Å². The third-order valence-corrected chi connectivity index (χ3v) is 4.33. The molecule has 4 nitrogen and oxygen atoms in total. The normalized spacial score (nSPS) is 12.6. The van der Waals surface area contributed by atoms with Crippen molar-refractivity contribution in [2.75, 3.05) is 5.32 Å². The van der Waals surface area contributed by atoms with Gasteiger partial charge in [0.15, 0.2) is 5.13 Å². The molecule has 0 aliphatic rings. The van der Waals surface area contributed by atoms with Gasteiger partial charge < -0.3 is 10.6 Å². The number of nitrogens with one attached hydrogen (secondary N) is 2. The maximum Gasteiger partial charge on any atom is 0.242 e. The number of carbonyl (C=O) groups excluding carboxylic acids is 1. The first kappa shape index (κ1) is 14.8. The van der Waals surface area contributed by atoms with E-state index in [9.17, 15) is 4.79 Å². The quantitative estimate of drug-likeness (QED) is 0.857. The van der Waals surface area contributed by atoms with Crippen LogP contribution >= 0.6 is 11.3 Å². The number of para-hydroxylation sites is 1. The van der Waals surface area contributed by atoms with Crippen molar-refractivity contribution in [2.45, 2.75) is 45.7 Å². The minimum Gasteiger partial charge on any atom is -0.352 e. The van der Waals surface area contributed by atoms with Gasteiger partial charge in [0.2, 0.25) is 5.91 Å². The van der Waals surface area contributed by atoms with Gasteiger partial charge in [-0.25, -0.2) is 4.98 Å². The lowest BCUT2D eigenvalue weighted by molar-refractivity contribution is -0.122. The number of anilines is 1. The van der Waals surface area contributed by atoms with E-state index in [0.717, 1.165) is 28.2 Å². The molecule has 0 fully saturated rings. The van der Waals surface area contributed by atoms with E-state index in [1.165, 1.54) is 0 Å². The molecule has 0 aliphatic heterocycles. The number of aromatic nitrogens is 1. The van der Waals surface area contributed by atoms with Gasteiger partial charge in [-0.2, -0.15) is 0 Å². The summed E-state index contributed by atoms with van der Waals surface area (Å²) in [6.07, 6.45) is 1.91. The molecule has 1 amide bonds. The first-order valence-corrected chi connectivity index (χ1v) is 7.88. The van der Waals surface area contributed by atoms with Crippen LogP contribution in [0.5, 0.6) is 0 Å². The predicted octanol–water partition coefficient (Wildman–Crippen LogP) is 3.40. The highest BCUT2D eigenvalue weighted by molar-refractivity contribution is 7.22. The predicted molar refractivity (Wildman–Crippen MR) is 85.2 cm³/mol. The van der Waals surface area contributed by atoms with Crippen LogP contribution in [0.3, 0.4) is 0 Å². The largest absolute Gasteiger partial charge is 0.352 e. The Labute approximate surface area is 123 Å². The summed E-state index contributed by atoms with van der Waals surface area (Å²) in [7, 11) is 0. The number of hydrogen-bond donors (Lipinski definition) is 2. The van der Waals surface area contributed by atoms with Crippen molar-refractivity contribution in [1.82, 2.24) is 10.3 Å². The molecule has 108 valence electrons. The summed E-state index contributed by atoms with van der Waals surface area (Å²) in [5.74, 6) is 0.0259. The van der Waals surface area contributed by atoms with Crippen LogP contribution in [0, 0.1) is 0 Å². The molecule has 0 bridgehead atoms. The van der Waals surface area contributed by atoms with E-state index < -0.39 is 0 Å². The van der Waals surface area contributed by atoms with Crippen LogP contribution in [0.15, 0.2) is 24.3 Å². The number of benzene rings is 1. The van der Waals surface area contributed by atoms with E-state index in [2.05, 4.69) is 29.5 Å². The van der Waals surface area contributed by atoms with E-state index in [4.69, 9.17) is 0 Å². The Balaban J connectivity index is 1.99. The first-order valence-electron chi connectivity index (χ1n) is 7.06. The molecule has 20 heavy (non-hydrogen) atoms. The highest BCUT2D eigenvalue weighted by atomic mass is 32.1. The number of hydrogen-bond acceptors (Lipinski definition) is 4. The topological polar surface area (TPSA) is 54.0 Å². The van der Waals surface area contributed by atoms with Gasteiger partial charge in [0, 0.05) is 6.04 Å². The maximum absolute atomic E-state index is 12.1. The lowest BCUT2D eigenvalue weighted by atomic mass is 10.1. The highest BCUT2D eigenvalue weighted by Crippen LogP contribution is 2.25. The summed E-state index contributed by atoms with van der Waals surface area (Å²) in [4.78, 5) is 16.6. The van der Waals surface area contributed by atoms with Gasteiger partial charge in [0.1, 0.15) is 6.04 Å². The van der Waals surface area contributed by atoms with Crippen molar-refractivity contribution >= 4 is 32.6 Å². The second-order valence-electron chi connectivity index (χ2n) is 4.87. The molecule has 0 radical (unpaired) electrons. The molecule has 1 atom stereocenters. The molecule has 2 rings (SSSR count).